The van der Waals surface area contributed by atoms with Crippen LogP contribution < -0.4 is 9.47 Å². The highest BCUT2D eigenvalue weighted by Gasteiger charge is 2.34. The Morgan fingerprint density at radius 3 is 2.66 bits per heavy atom. The van der Waals surface area contributed by atoms with Crippen molar-refractivity contribution in [1.29, 1.82) is 0 Å². The molecule has 0 N–H and O–H groups in total. The normalized spacial score (nSPS) is 15.3. The number of carbonyl (C=O) groups is 1. The van der Waals surface area contributed by atoms with Crippen molar-refractivity contribution in [3.63, 3.8) is 0 Å². The number of rotatable bonds is 7. The van der Waals surface area contributed by atoms with Crippen LogP contribution in [0.2, 0.25) is 0 Å². The molecule has 178 valence electrons. The molecule has 2 aromatic heterocycles. The van der Waals surface area contributed by atoms with Crippen molar-refractivity contribution >= 4 is 5.91 Å². The zero-order valence-electron chi connectivity index (χ0n) is 19.9. The van der Waals surface area contributed by atoms with E-state index in [1.54, 1.807) is 26.6 Å². The third kappa shape index (κ3) is 4.62. The van der Waals surface area contributed by atoms with Gasteiger partial charge in [0.2, 0.25) is 0 Å². The lowest BCUT2D eigenvalue weighted by atomic mass is 10.0. The first-order valence-corrected chi connectivity index (χ1v) is 11.7. The number of nitrogens with zero attached hydrogens (tertiary/aromatic N) is 4. The minimum absolute atomic E-state index is 0.0458. The van der Waals surface area contributed by atoms with Crippen LogP contribution in [-0.4, -0.2) is 46.3 Å². The molecule has 1 aliphatic rings. The number of ether oxygens (including phenoxy) is 2. The monoisotopic (exact) mass is 468 g/mol. The minimum atomic E-state index is -0.105. The van der Waals surface area contributed by atoms with E-state index in [0.717, 1.165) is 41.0 Å². The van der Waals surface area contributed by atoms with Crippen molar-refractivity contribution < 1.29 is 14.3 Å². The average molecular weight is 469 g/mol. The molecule has 0 spiro atoms. The average Bonchev–Trinajstić information content (AvgIpc) is 3.57. The van der Waals surface area contributed by atoms with Crippen LogP contribution in [0.4, 0.5) is 0 Å². The number of carbonyl (C=O) groups excluding carboxylic acids is 1. The fourth-order valence-electron chi connectivity index (χ4n) is 4.73. The summed E-state index contributed by atoms with van der Waals surface area (Å²) < 4.78 is 12.9. The van der Waals surface area contributed by atoms with Crippen molar-refractivity contribution in [2.24, 2.45) is 0 Å². The Morgan fingerprint density at radius 2 is 1.91 bits per heavy atom. The molecule has 4 aromatic rings. The molecule has 35 heavy (non-hydrogen) atoms. The maximum absolute atomic E-state index is 14.0. The third-order valence-corrected chi connectivity index (χ3v) is 6.42. The molecule has 0 saturated carbocycles. The molecular weight excluding hydrogens is 440 g/mol. The Balaban J connectivity index is 1.53. The predicted octanol–water partition coefficient (Wildman–Crippen LogP) is 4.99. The smallest absolute Gasteiger partial charge is 0.258 e. The van der Waals surface area contributed by atoms with E-state index in [2.05, 4.69) is 17.1 Å². The van der Waals surface area contributed by atoms with Gasteiger partial charge in [0.25, 0.3) is 5.91 Å². The lowest BCUT2D eigenvalue weighted by Gasteiger charge is -2.26. The number of pyridine rings is 1. The maximum Gasteiger partial charge on any atom is 0.258 e. The summed E-state index contributed by atoms with van der Waals surface area (Å²) in [7, 11) is 3.30. The highest BCUT2D eigenvalue weighted by molar-refractivity contribution is 6.00. The predicted molar refractivity (Wildman–Crippen MR) is 134 cm³/mol. The van der Waals surface area contributed by atoms with Gasteiger partial charge < -0.3 is 14.4 Å². The SMILES string of the molecule is COc1ccc(OC)c([C@H]2CCCN2C(=O)c2cn(Cc3ccccc3)nc2-c2cccnc2)c1. The largest absolute Gasteiger partial charge is 0.497 e. The molecule has 1 fully saturated rings. The van der Waals surface area contributed by atoms with Crippen LogP contribution in [0.3, 0.4) is 0 Å². The summed E-state index contributed by atoms with van der Waals surface area (Å²) in [5.41, 5.74) is 4.10. The van der Waals surface area contributed by atoms with E-state index in [4.69, 9.17) is 14.6 Å². The van der Waals surface area contributed by atoms with Crippen molar-refractivity contribution in [3.8, 4) is 22.8 Å². The lowest BCUT2D eigenvalue weighted by Crippen LogP contribution is -2.31. The highest BCUT2D eigenvalue weighted by atomic mass is 16.5. The Hall–Kier alpha value is -4.13. The number of methoxy groups -OCH3 is 2. The molecule has 0 aliphatic carbocycles. The molecule has 0 unspecified atom stereocenters. The minimum Gasteiger partial charge on any atom is -0.497 e. The van der Waals surface area contributed by atoms with Crippen LogP contribution in [0.1, 0.15) is 40.4 Å². The van der Waals surface area contributed by atoms with Gasteiger partial charge in [0, 0.05) is 36.3 Å². The van der Waals surface area contributed by atoms with Crippen LogP contribution in [0.25, 0.3) is 11.3 Å². The molecule has 0 radical (unpaired) electrons. The van der Waals surface area contributed by atoms with E-state index in [1.807, 2.05) is 64.3 Å². The van der Waals surface area contributed by atoms with Crippen molar-refractivity contribution in [3.05, 3.63) is 95.9 Å². The topological polar surface area (TPSA) is 69.5 Å². The molecule has 1 atom stereocenters. The fraction of sp³-hybridized carbons (Fsp3) is 0.250. The lowest BCUT2D eigenvalue weighted by molar-refractivity contribution is 0.0734. The Kier molecular flexibility index (Phi) is 6.48. The number of benzene rings is 2. The maximum atomic E-state index is 14.0. The highest BCUT2D eigenvalue weighted by Crippen LogP contribution is 2.40. The summed E-state index contributed by atoms with van der Waals surface area (Å²) in [6.07, 6.45) is 7.10. The summed E-state index contributed by atoms with van der Waals surface area (Å²) in [5, 5.41) is 4.81. The van der Waals surface area contributed by atoms with Gasteiger partial charge in [-0.05, 0) is 48.7 Å². The van der Waals surface area contributed by atoms with Crippen molar-refractivity contribution in [2.45, 2.75) is 25.4 Å². The zero-order chi connectivity index (χ0) is 24.2. The molecule has 0 bridgehead atoms. The van der Waals surface area contributed by atoms with Gasteiger partial charge in [-0.15, -0.1) is 0 Å². The van der Waals surface area contributed by atoms with Gasteiger partial charge in [0.05, 0.1) is 32.4 Å². The van der Waals surface area contributed by atoms with Gasteiger partial charge in [0.1, 0.15) is 17.2 Å². The quantitative estimate of drug-likeness (QED) is 0.382. The third-order valence-electron chi connectivity index (χ3n) is 6.42. The Labute approximate surface area is 204 Å². The van der Waals surface area contributed by atoms with Crippen molar-refractivity contribution in [1.82, 2.24) is 19.7 Å². The standard InChI is InChI=1S/C28H28N4O3/c1-34-22-12-13-26(35-2)23(16-22)25-11-7-15-32(25)28(33)24-19-31(18-20-8-4-3-5-9-20)30-27(24)21-10-6-14-29-17-21/h3-6,8-10,12-14,16-17,19,25H,7,11,15,18H2,1-2H3/t25-/m1/s1. The van der Waals surface area contributed by atoms with Crippen LogP contribution in [-0.2, 0) is 6.54 Å². The van der Waals surface area contributed by atoms with Crippen LogP contribution >= 0.6 is 0 Å². The summed E-state index contributed by atoms with van der Waals surface area (Å²) in [6.45, 7) is 1.24. The molecule has 5 rings (SSSR count). The van der Waals surface area contributed by atoms with E-state index < -0.39 is 0 Å². The Bertz CT molecular complexity index is 1300. The van der Waals surface area contributed by atoms with Crippen molar-refractivity contribution in [2.75, 3.05) is 20.8 Å². The molecule has 1 saturated heterocycles. The van der Waals surface area contributed by atoms with Gasteiger partial charge in [-0.25, -0.2) is 0 Å². The summed E-state index contributed by atoms with van der Waals surface area (Å²) >= 11 is 0. The first kappa shape index (κ1) is 22.7. The summed E-state index contributed by atoms with van der Waals surface area (Å²) in [4.78, 5) is 20.2. The first-order valence-electron chi connectivity index (χ1n) is 11.7. The molecule has 7 heteroatoms. The second-order valence-corrected chi connectivity index (χ2v) is 8.58. The molecule has 1 aliphatic heterocycles. The second-order valence-electron chi connectivity index (χ2n) is 8.58. The first-order chi connectivity index (χ1) is 17.2. The molecule has 1 amide bonds. The Morgan fingerprint density at radius 1 is 1.06 bits per heavy atom. The van der Waals surface area contributed by atoms with Crippen LogP contribution in [0.5, 0.6) is 11.5 Å². The van der Waals surface area contributed by atoms with E-state index >= 15 is 0 Å². The molecule has 3 heterocycles. The number of hydrogen-bond donors (Lipinski definition) is 0. The van der Waals surface area contributed by atoms with Gasteiger partial charge in [-0.3, -0.25) is 14.5 Å². The van der Waals surface area contributed by atoms with Crippen LogP contribution in [0, 0.1) is 0 Å². The van der Waals surface area contributed by atoms with E-state index in [9.17, 15) is 4.79 Å². The van der Waals surface area contributed by atoms with Crippen LogP contribution in [0.15, 0.2) is 79.3 Å². The molecular formula is C28H28N4O3. The number of amides is 1. The molecule has 7 nitrogen and oxygen atoms in total. The van der Waals surface area contributed by atoms with Gasteiger partial charge in [0.15, 0.2) is 0 Å². The second kappa shape index (κ2) is 10.0. The molecule has 2 aromatic carbocycles. The number of likely N-dealkylation sites (tertiary alicyclic amines) is 1. The van der Waals surface area contributed by atoms with E-state index in [1.165, 1.54) is 0 Å². The van der Waals surface area contributed by atoms with Gasteiger partial charge >= 0.3 is 0 Å². The summed E-state index contributed by atoms with van der Waals surface area (Å²) in [6, 6.07) is 19.5. The summed E-state index contributed by atoms with van der Waals surface area (Å²) in [5.74, 6) is 1.45. The number of hydrogen-bond acceptors (Lipinski definition) is 5. The van der Waals surface area contributed by atoms with E-state index in [0.29, 0.717) is 24.3 Å². The number of aromatic nitrogens is 3. The van der Waals surface area contributed by atoms with Gasteiger partial charge in [-0.2, -0.15) is 5.10 Å². The zero-order valence-corrected chi connectivity index (χ0v) is 19.9. The van der Waals surface area contributed by atoms with Gasteiger partial charge in [-0.1, -0.05) is 30.3 Å². The fourth-order valence-corrected chi connectivity index (χ4v) is 4.73. The van der Waals surface area contributed by atoms with E-state index in [-0.39, 0.29) is 11.9 Å².